The van der Waals surface area contributed by atoms with Crippen molar-refractivity contribution in [1.29, 1.82) is 0 Å². The maximum atomic E-state index is 13.1. The quantitative estimate of drug-likeness (QED) is 0.826. The SMILES string of the molecule is CN[C@@H](C)C(=O)N[C@H]1CCc2ccccc2N(Cc2cnco2)C1=O.Cl. The van der Waals surface area contributed by atoms with Gasteiger partial charge in [0.15, 0.2) is 6.39 Å². The van der Waals surface area contributed by atoms with Crippen molar-refractivity contribution in [3.63, 3.8) is 0 Å². The van der Waals surface area contributed by atoms with Crippen LogP contribution in [0.15, 0.2) is 41.3 Å². The first-order valence-electron chi connectivity index (χ1n) is 8.34. The molecule has 0 saturated carbocycles. The van der Waals surface area contributed by atoms with Gasteiger partial charge in [0.25, 0.3) is 0 Å². The van der Waals surface area contributed by atoms with Crippen LogP contribution in [0.25, 0.3) is 0 Å². The Bertz CT molecular complexity index is 751. The summed E-state index contributed by atoms with van der Waals surface area (Å²) in [6.45, 7) is 2.04. The Labute approximate surface area is 158 Å². The lowest BCUT2D eigenvalue weighted by Crippen LogP contribution is -2.52. The molecule has 8 heteroatoms. The largest absolute Gasteiger partial charge is 0.447 e. The van der Waals surface area contributed by atoms with Crippen LogP contribution in [0.1, 0.15) is 24.7 Å². The lowest BCUT2D eigenvalue weighted by atomic mass is 10.1. The van der Waals surface area contributed by atoms with E-state index in [0.29, 0.717) is 18.6 Å². The number of anilines is 1. The van der Waals surface area contributed by atoms with Crippen LogP contribution in [0, 0.1) is 0 Å². The predicted molar refractivity (Wildman–Crippen MR) is 100 cm³/mol. The van der Waals surface area contributed by atoms with Gasteiger partial charge in [-0.15, -0.1) is 12.4 Å². The maximum Gasteiger partial charge on any atom is 0.249 e. The fraction of sp³-hybridized carbons (Fsp3) is 0.389. The second kappa shape index (κ2) is 8.82. The van der Waals surface area contributed by atoms with E-state index < -0.39 is 6.04 Å². The molecule has 2 aromatic rings. The monoisotopic (exact) mass is 378 g/mol. The predicted octanol–water partition coefficient (Wildman–Crippen LogP) is 1.67. The molecule has 0 saturated heterocycles. The van der Waals surface area contributed by atoms with E-state index in [1.54, 1.807) is 25.1 Å². The highest BCUT2D eigenvalue weighted by Gasteiger charge is 2.32. The first-order valence-corrected chi connectivity index (χ1v) is 8.34. The number of benzene rings is 1. The second-order valence-electron chi connectivity index (χ2n) is 6.13. The maximum absolute atomic E-state index is 13.1. The highest BCUT2D eigenvalue weighted by molar-refractivity contribution is 6.00. The van der Waals surface area contributed by atoms with Gasteiger partial charge in [0.1, 0.15) is 11.8 Å². The number of likely N-dealkylation sites (N-methyl/N-ethyl adjacent to an activating group) is 1. The van der Waals surface area contributed by atoms with Gasteiger partial charge in [-0.3, -0.25) is 9.59 Å². The second-order valence-corrected chi connectivity index (χ2v) is 6.13. The van der Waals surface area contributed by atoms with Crippen LogP contribution >= 0.6 is 12.4 Å². The number of hydrogen-bond acceptors (Lipinski definition) is 5. The molecule has 0 spiro atoms. The molecule has 7 nitrogen and oxygen atoms in total. The highest BCUT2D eigenvalue weighted by atomic mass is 35.5. The summed E-state index contributed by atoms with van der Waals surface area (Å²) in [6, 6.07) is 6.86. The number of hydrogen-bond donors (Lipinski definition) is 2. The van der Waals surface area contributed by atoms with Gasteiger partial charge in [-0.25, -0.2) is 4.98 Å². The molecule has 0 fully saturated rings. The number of nitrogens with one attached hydrogen (secondary N) is 2. The van der Waals surface area contributed by atoms with E-state index >= 15 is 0 Å². The number of oxazole rings is 1. The van der Waals surface area contributed by atoms with Gasteiger partial charge >= 0.3 is 0 Å². The topological polar surface area (TPSA) is 87.5 Å². The van der Waals surface area contributed by atoms with E-state index in [1.165, 1.54) is 6.39 Å². The summed E-state index contributed by atoms with van der Waals surface area (Å²) in [5.41, 5.74) is 1.93. The van der Waals surface area contributed by atoms with Crippen molar-refractivity contribution >= 4 is 29.9 Å². The van der Waals surface area contributed by atoms with E-state index in [1.807, 2.05) is 24.3 Å². The van der Waals surface area contributed by atoms with Gasteiger partial charge in [-0.1, -0.05) is 18.2 Å². The Morgan fingerprint density at radius 2 is 2.19 bits per heavy atom. The summed E-state index contributed by atoms with van der Waals surface area (Å²) in [6.07, 6.45) is 4.22. The van der Waals surface area contributed by atoms with Gasteiger partial charge in [-0.2, -0.15) is 0 Å². The molecule has 2 atom stereocenters. The number of carbonyl (C=O) groups is 2. The fourth-order valence-electron chi connectivity index (χ4n) is 2.92. The van der Waals surface area contributed by atoms with Crippen LogP contribution in [-0.2, 0) is 22.6 Å². The lowest BCUT2D eigenvalue weighted by Gasteiger charge is -2.26. The zero-order valence-corrected chi connectivity index (χ0v) is 15.6. The summed E-state index contributed by atoms with van der Waals surface area (Å²) in [7, 11) is 1.71. The Morgan fingerprint density at radius 3 is 2.88 bits per heavy atom. The van der Waals surface area contributed by atoms with E-state index in [4.69, 9.17) is 4.42 Å². The smallest absolute Gasteiger partial charge is 0.249 e. The molecule has 0 bridgehead atoms. The molecule has 0 aliphatic carbocycles. The minimum atomic E-state index is -0.571. The van der Waals surface area contributed by atoms with Crippen molar-refractivity contribution < 1.29 is 14.0 Å². The Balaban J connectivity index is 0.00000243. The molecule has 2 heterocycles. The van der Waals surface area contributed by atoms with Gasteiger partial charge in [-0.05, 0) is 38.4 Å². The minimum Gasteiger partial charge on any atom is -0.447 e. The number of rotatable bonds is 5. The minimum absolute atomic E-state index is 0. The summed E-state index contributed by atoms with van der Waals surface area (Å²) < 4.78 is 5.31. The average Bonchev–Trinajstić information content (AvgIpc) is 3.11. The molecule has 1 aromatic carbocycles. The molecule has 2 amide bonds. The number of nitrogens with zero attached hydrogens (tertiary/aromatic N) is 2. The van der Waals surface area contributed by atoms with Gasteiger partial charge in [0, 0.05) is 5.69 Å². The molecule has 0 unspecified atom stereocenters. The van der Waals surface area contributed by atoms with Gasteiger partial charge < -0.3 is 20.0 Å². The Kier molecular flexibility index (Phi) is 6.76. The van der Waals surface area contributed by atoms with Crippen LogP contribution in [0.5, 0.6) is 0 Å². The van der Waals surface area contributed by atoms with E-state index in [2.05, 4.69) is 15.6 Å². The lowest BCUT2D eigenvalue weighted by molar-refractivity contribution is -0.128. The molecule has 1 aliphatic heterocycles. The standard InChI is InChI=1S/C18H22N4O3.ClH/c1-12(19-2)17(23)21-15-8-7-13-5-3-4-6-16(13)22(18(15)24)10-14-9-20-11-25-14;/h3-6,9,11-12,15,19H,7-8,10H2,1-2H3,(H,21,23);1H/t12-,15-;/m0./s1. The van der Waals surface area contributed by atoms with Crippen LogP contribution in [0.2, 0.25) is 0 Å². The number of para-hydroxylation sites is 1. The van der Waals surface area contributed by atoms with Crippen molar-refractivity contribution in [1.82, 2.24) is 15.6 Å². The Hall–Kier alpha value is -2.38. The van der Waals surface area contributed by atoms with Crippen molar-refractivity contribution in [3.8, 4) is 0 Å². The molecule has 26 heavy (non-hydrogen) atoms. The number of aryl methyl sites for hydroxylation is 1. The molecule has 3 rings (SSSR count). The number of carbonyl (C=O) groups excluding carboxylic acids is 2. The van der Waals surface area contributed by atoms with Crippen molar-refractivity contribution in [3.05, 3.63) is 48.2 Å². The molecule has 0 radical (unpaired) electrons. The van der Waals surface area contributed by atoms with Crippen LogP contribution in [0.3, 0.4) is 0 Å². The molecular formula is C18H23ClN4O3. The Morgan fingerprint density at radius 1 is 1.42 bits per heavy atom. The van der Waals surface area contributed by atoms with Crippen molar-refractivity contribution in [2.45, 2.75) is 38.4 Å². The third-order valence-corrected chi connectivity index (χ3v) is 4.49. The third-order valence-electron chi connectivity index (χ3n) is 4.49. The zero-order valence-electron chi connectivity index (χ0n) is 14.8. The first-order chi connectivity index (χ1) is 12.1. The van der Waals surface area contributed by atoms with Crippen LogP contribution in [-0.4, -0.2) is 35.9 Å². The van der Waals surface area contributed by atoms with Crippen LogP contribution < -0.4 is 15.5 Å². The number of amides is 2. The average molecular weight is 379 g/mol. The summed E-state index contributed by atoms with van der Waals surface area (Å²) in [4.78, 5) is 30.9. The third kappa shape index (κ3) is 4.23. The number of fused-ring (bicyclic) bond motifs is 1. The van der Waals surface area contributed by atoms with E-state index in [-0.39, 0.29) is 36.8 Å². The van der Waals surface area contributed by atoms with Gasteiger partial charge in [0.2, 0.25) is 11.8 Å². The zero-order chi connectivity index (χ0) is 17.8. The molecule has 1 aliphatic rings. The summed E-state index contributed by atoms with van der Waals surface area (Å²) in [5.74, 6) is 0.267. The van der Waals surface area contributed by atoms with Crippen molar-refractivity contribution in [2.24, 2.45) is 0 Å². The first kappa shape index (κ1) is 19.9. The van der Waals surface area contributed by atoms with E-state index in [0.717, 1.165) is 11.3 Å². The van der Waals surface area contributed by atoms with Crippen LogP contribution in [0.4, 0.5) is 5.69 Å². The summed E-state index contributed by atoms with van der Waals surface area (Å²) >= 11 is 0. The normalized spacial score (nSPS) is 17.7. The fourth-order valence-corrected chi connectivity index (χ4v) is 2.92. The molecule has 140 valence electrons. The van der Waals surface area contributed by atoms with Crippen molar-refractivity contribution in [2.75, 3.05) is 11.9 Å². The highest BCUT2D eigenvalue weighted by Crippen LogP contribution is 2.28. The molecule has 1 aromatic heterocycles. The van der Waals surface area contributed by atoms with Gasteiger partial charge in [0.05, 0.1) is 18.8 Å². The summed E-state index contributed by atoms with van der Waals surface area (Å²) in [5, 5.41) is 5.75. The number of aromatic nitrogens is 1. The molecular weight excluding hydrogens is 356 g/mol. The van der Waals surface area contributed by atoms with E-state index in [9.17, 15) is 9.59 Å². The molecule has 2 N–H and O–H groups in total. The number of halogens is 1.